The van der Waals surface area contributed by atoms with Crippen molar-refractivity contribution in [2.24, 2.45) is 0 Å². The lowest BCUT2D eigenvalue weighted by Gasteiger charge is -2.01. The second kappa shape index (κ2) is 5.94. The normalized spacial score (nSPS) is 9.41. The Balaban J connectivity index is 0.000000686. The first kappa shape index (κ1) is 13.1. The van der Waals surface area contributed by atoms with Gasteiger partial charge in [-0.1, -0.05) is 13.8 Å². The van der Waals surface area contributed by atoms with E-state index in [1.54, 1.807) is 24.7 Å². The van der Waals surface area contributed by atoms with Crippen LogP contribution in [0.2, 0.25) is 0 Å². The summed E-state index contributed by atoms with van der Waals surface area (Å²) in [7, 11) is 0. The van der Waals surface area contributed by atoms with Crippen LogP contribution in [0, 0.1) is 13.8 Å². The van der Waals surface area contributed by atoms with E-state index in [4.69, 9.17) is 0 Å². The number of hydrogen-bond acceptors (Lipinski definition) is 3. The van der Waals surface area contributed by atoms with E-state index in [1.807, 2.05) is 33.8 Å². The molecule has 0 radical (unpaired) electrons. The number of aromatic nitrogens is 3. The molecule has 4 heteroatoms. The van der Waals surface area contributed by atoms with Gasteiger partial charge < -0.3 is 0 Å². The van der Waals surface area contributed by atoms with Crippen molar-refractivity contribution in [3.05, 3.63) is 42.0 Å². The monoisotopic (exact) mass is 232 g/mol. The third kappa shape index (κ3) is 3.00. The molecule has 90 valence electrons. The Morgan fingerprint density at radius 1 is 1.12 bits per heavy atom. The topological polar surface area (TPSA) is 49.9 Å². The molecule has 0 saturated heterocycles. The molecule has 1 N–H and O–H groups in total. The lowest BCUT2D eigenvalue weighted by molar-refractivity contribution is -0.908. The molecule has 4 nitrogen and oxygen atoms in total. The Labute approximate surface area is 102 Å². The Kier molecular flexibility index (Phi) is 4.57. The maximum atomic E-state index is 9.55. The molecule has 0 aromatic carbocycles. The number of aryl methyl sites for hydroxylation is 2. The van der Waals surface area contributed by atoms with Gasteiger partial charge in [0.1, 0.15) is 0 Å². The summed E-state index contributed by atoms with van der Waals surface area (Å²) in [5.41, 5.74) is 2.67. The summed E-state index contributed by atoms with van der Waals surface area (Å²) in [5, 5.41) is 9.55. The van der Waals surface area contributed by atoms with Crippen LogP contribution >= 0.6 is 0 Å². The molecule has 0 atom stereocenters. The first-order valence-electron chi connectivity index (χ1n) is 5.68. The van der Waals surface area contributed by atoms with Crippen LogP contribution in [0.3, 0.4) is 0 Å². The molecule has 0 amide bonds. The predicted octanol–water partition coefficient (Wildman–Crippen LogP) is 2.31. The smallest absolute Gasteiger partial charge is 0.233 e. The molecule has 2 aromatic rings. The van der Waals surface area contributed by atoms with E-state index in [0.717, 1.165) is 21.6 Å². The van der Waals surface area contributed by atoms with Crippen molar-refractivity contribution < 1.29 is 9.94 Å². The molecule has 0 aliphatic carbocycles. The van der Waals surface area contributed by atoms with Gasteiger partial charge in [-0.05, 0) is 18.6 Å². The number of nitrogens with zero attached hydrogens (tertiary/aromatic N) is 3. The van der Waals surface area contributed by atoms with E-state index in [1.165, 1.54) is 0 Å². The van der Waals surface area contributed by atoms with Crippen LogP contribution < -0.4 is 4.73 Å². The molecular formula is C13H18N3O+. The molecule has 0 bridgehead atoms. The molecule has 0 fully saturated rings. The average Bonchev–Trinajstić information content (AvgIpc) is 2.37. The minimum absolute atomic E-state index is 0.623. The fourth-order valence-corrected chi connectivity index (χ4v) is 1.46. The lowest BCUT2D eigenvalue weighted by atomic mass is 10.1. The minimum Gasteiger partial charge on any atom is -0.285 e. The molecule has 0 aliphatic heterocycles. The van der Waals surface area contributed by atoms with Crippen molar-refractivity contribution in [1.82, 2.24) is 9.97 Å². The molecule has 0 unspecified atom stereocenters. The van der Waals surface area contributed by atoms with Gasteiger partial charge in [0.25, 0.3) is 0 Å². The molecular weight excluding hydrogens is 214 g/mol. The zero-order valence-corrected chi connectivity index (χ0v) is 10.7. The number of hydrogen-bond donors (Lipinski definition) is 1. The second-order valence-electron chi connectivity index (χ2n) is 3.43. The van der Waals surface area contributed by atoms with Gasteiger partial charge >= 0.3 is 0 Å². The average molecular weight is 232 g/mol. The van der Waals surface area contributed by atoms with Gasteiger partial charge in [-0.2, -0.15) is 0 Å². The number of pyridine rings is 1. The molecule has 0 spiro atoms. The van der Waals surface area contributed by atoms with Crippen LogP contribution in [0.1, 0.15) is 25.1 Å². The van der Waals surface area contributed by atoms with E-state index in [0.29, 0.717) is 5.82 Å². The Morgan fingerprint density at radius 2 is 1.71 bits per heavy atom. The molecule has 2 heterocycles. The highest BCUT2D eigenvalue weighted by Crippen LogP contribution is 2.16. The van der Waals surface area contributed by atoms with Crippen LogP contribution in [-0.2, 0) is 0 Å². The third-order valence-electron chi connectivity index (χ3n) is 2.27. The molecule has 2 rings (SSSR count). The van der Waals surface area contributed by atoms with Gasteiger partial charge in [-0.25, -0.2) is 9.97 Å². The summed E-state index contributed by atoms with van der Waals surface area (Å²) in [6, 6.07) is 3.66. The minimum atomic E-state index is 0.623. The summed E-state index contributed by atoms with van der Waals surface area (Å²) in [6.45, 7) is 7.81. The van der Waals surface area contributed by atoms with Crippen LogP contribution in [-0.4, -0.2) is 15.2 Å². The van der Waals surface area contributed by atoms with Gasteiger partial charge in [-0.3, -0.25) is 5.21 Å². The highest BCUT2D eigenvalue weighted by Gasteiger charge is 2.13. The maximum absolute atomic E-state index is 9.55. The van der Waals surface area contributed by atoms with E-state index in [2.05, 4.69) is 9.97 Å². The molecule has 17 heavy (non-hydrogen) atoms. The Morgan fingerprint density at radius 3 is 2.29 bits per heavy atom. The molecule has 2 aromatic heterocycles. The molecule has 0 aliphatic rings. The van der Waals surface area contributed by atoms with Crippen LogP contribution in [0.5, 0.6) is 0 Å². The van der Waals surface area contributed by atoms with Gasteiger partial charge in [-0.15, -0.1) is 0 Å². The van der Waals surface area contributed by atoms with Crippen LogP contribution in [0.15, 0.2) is 30.7 Å². The highest BCUT2D eigenvalue weighted by atomic mass is 16.5. The fourth-order valence-electron chi connectivity index (χ4n) is 1.46. The maximum Gasteiger partial charge on any atom is 0.233 e. The van der Waals surface area contributed by atoms with E-state index >= 15 is 0 Å². The second-order valence-corrected chi connectivity index (χ2v) is 3.43. The Bertz CT molecular complexity index is 484. The quantitative estimate of drug-likeness (QED) is 0.606. The summed E-state index contributed by atoms with van der Waals surface area (Å²) >= 11 is 0. The van der Waals surface area contributed by atoms with Crippen molar-refractivity contribution in [2.75, 3.05) is 0 Å². The van der Waals surface area contributed by atoms with Crippen molar-refractivity contribution >= 4 is 0 Å². The van der Waals surface area contributed by atoms with Crippen molar-refractivity contribution in [3.63, 3.8) is 0 Å². The highest BCUT2D eigenvalue weighted by molar-refractivity contribution is 5.57. The first-order valence-corrected chi connectivity index (χ1v) is 5.68. The van der Waals surface area contributed by atoms with Crippen molar-refractivity contribution in [3.8, 4) is 11.4 Å². The standard InChI is InChI=1S/C11H12N3O.C2H6/c1-8-6-9(2)14(15)7-10(8)11-12-4-3-5-13-11;1-2/h3-7,15H,1-2H3;1-2H3/q+1;. The predicted molar refractivity (Wildman–Crippen MR) is 65.7 cm³/mol. The van der Waals surface area contributed by atoms with Crippen LogP contribution in [0.25, 0.3) is 11.4 Å². The zero-order valence-electron chi connectivity index (χ0n) is 10.7. The fraction of sp³-hybridized carbons (Fsp3) is 0.308. The van der Waals surface area contributed by atoms with Crippen LogP contribution in [0.4, 0.5) is 0 Å². The summed E-state index contributed by atoms with van der Waals surface area (Å²) in [6.07, 6.45) is 4.99. The van der Waals surface area contributed by atoms with Crippen molar-refractivity contribution in [2.45, 2.75) is 27.7 Å². The number of rotatable bonds is 1. The van der Waals surface area contributed by atoms with E-state index in [9.17, 15) is 5.21 Å². The van der Waals surface area contributed by atoms with Gasteiger partial charge in [0, 0.05) is 30.1 Å². The Hall–Kier alpha value is -1.97. The van der Waals surface area contributed by atoms with Gasteiger partial charge in [0.2, 0.25) is 11.9 Å². The zero-order chi connectivity index (χ0) is 12.8. The lowest BCUT2D eigenvalue weighted by Crippen LogP contribution is -2.33. The first-order chi connectivity index (χ1) is 8.18. The largest absolute Gasteiger partial charge is 0.285 e. The van der Waals surface area contributed by atoms with E-state index < -0.39 is 0 Å². The van der Waals surface area contributed by atoms with Crippen molar-refractivity contribution in [1.29, 1.82) is 0 Å². The van der Waals surface area contributed by atoms with Gasteiger partial charge in [0.15, 0.2) is 5.82 Å². The van der Waals surface area contributed by atoms with Gasteiger partial charge in [0.05, 0.1) is 5.56 Å². The van der Waals surface area contributed by atoms with E-state index in [-0.39, 0.29) is 0 Å². The summed E-state index contributed by atoms with van der Waals surface area (Å²) < 4.78 is 1.08. The summed E-state index contributed by atoms with van der Waals surface area (Å²) in [5.74, 6) is 0.623. The SMILES string of the molecule is CC.Cc1cc(C)[n+](O)cc1-c1ncccn1. The third-order valence-corrected chi connectivity index (χ3v) is 2.27. The summed E-state index contributed by atoms with van der Waals surface area (Å²) in [4.78, 5) is 8.29. The molecule has 0 saturated carbocycles.